The highest BCUT2D eigenvalue weighted by molar-refractivity contribution is 8.18. The van der Waals surface area contributed by atoms with Gasteiger partial charge in [0.2, 0.25) is 5.91 Å². The molecule has 3 amide bonds. The van der Waals surface area contributed by atoms with Crippen molar-refractivity contribution in [2.24, 2.45) is 7.05 Å². The highest BCUT2D eigenvalue weighted by atomic mass is 32.2. The molecule has 1 saturated heterocycles. The summed E-state index contributed by atoms with van der Waals surface area (Å²) in [6.45, 7) is 1.64. The molecule has 0 aliphatic carbocycles. The minimum absolute atomic E-state index is 0.0926. The molecule has 0 unspecified atom stereocenters. The fraction of sp³-hybridized carbons (Fsp3) is 0.200. The van der Waals surface area contributed by atoms with Gasteiger partial charge in [-0.15, -0.1) is 0 Å². The average molecular weight is 493 g/mol. The lowest BCUT2D eigenvalue weighted by Gasteiger charge is -2.12. The van der Waals surface area contributed by atoms with Crippen LogP contribution >= 0.6 is 11.8 Å². The Bertz CT molecular complexity index is 1390. The molecule has 0 spiro atoms. The number of imide groups is 1. The van der Waals surface area contributed by atoms with E-state index in [0.29, 0.717) is 17.1 Å². The van der Waals surface area contributed by atoms with Crippen molar-refractivity contribution in [3.63, 3.8) is 0 Å². The van der Waals surface area contributed by atoms with Crippen molar-refractivity contribution < 1.29 is 19.1 Å². The van der Waals surface area contributed by atoms with E-state index in [9.17, 15) is 19.2 Å². The zero-order valence-electron chi connectivity index (χ0n) is 19.5. The minimum atomic E-state index is -0.466. The number of carbonyl (C=O) groups excluding carboxylic acids is 3. The van der Waals surface area contributed by atoms with E-state index in [1.165, 1.54) is 4.68 Å². The first-order valence-corrected chi connectivity index (χ1v) is 11.6. The monoisotopic (exact) mass is 492 g/mol. The largest absolute Gasteiger partial charge is 0.497 e. The van der Waals surface area contributed by atoms with E-state index in [2.05, 4.69) is 5.32 Å². The maximum atomic E-state index is 13.0. The highest BCUT2D eigenvalue weighted by Crippen LogP contribution is 2.32. The van der Waals surface area contributed by atoms with Crippen molar-refractivity contribution in [1.29, 1.82) is 0 Å². The van der Waals surface area contributed by atoms with Crippen LogP contribution in [0.25, 0.3) is 11.8 Å². The zero-order chi connectivity index (χ0) is 25.1. The molecule has 1 aliphatic rings. The lowest BCUT2D eigenvalue weighted by Crippen LogP contribution is -2.32. The lowest BCUT2D eigenvalue weighted by molar-refractivity contribution is -0.123. The molecule has 35 heavy (non-hydrogen) atoms. The van der Waals surface area contributed by atoms with E-state index in [-0.39, 0.29) is 29.1 Å². The molecule has 9 nitrogen and oxygen atoms in total. The molecule has 1 aliphatic heterocycles. The molecular formula is C25H24N4O5S. The fourth-order valence-electron chi connectivity index (χ4n) is 3.70. The maximum Gasteiger partial charge on any atom is 0.295 e. The second-order valence-electron chi connectivity index (χ2n) is 7.84. The second-order valence-corrected chi connectivity index (χ2v) is 8.84. The molecule has 0 radical (unpaired) electrons. The van der Waals surface area contributed by atoms with E-state index < -0.39 is 17.1 Å². The number of benzene rings is 2. The van der Waals surface area contributed by atoms with E-state index in [1.54, 1.807) is 68.2 Å². The molecule has 4 rings (SSSR count). The summed E-state index contributed by atoms with van der Waals surface area (Å²) in [5.41, 5.74) is 1.77. The Labute approximate surface area is 206 Å². The molecule has 1 N–H and O–H groups in total. The van der Waals surface area contributed by atoms with Crippen LogP contribution in [0.15, 0.2) is 64.3 Å². The third-order valence-corrected chi connectivity index (χ3v) is 6.55. The number of aromatic nitrogens is 2. The number of hydrogen-bond donors (Lipinski definition) is 1. The first-order valence-electron chi connectivity index (χ1n) is 10.8. The van der Waals surface area contributed by atoms with Gasteiger partial charge in [-0.3, -0.25) is 28.8 Å². The Hall–Kier alpha value is -4.05. The van der Waals surface area contributed by atoms with Crippen molar-refractivity contribution in [3.05, 3.63) is 81.1 Å². The number of thioether (sulfide) groups is 1. The molecule has 2 aromatic carbocycles. The van der Waals surface area contributed by atoms with Crippen LogP contribution in [0.2, 0.25) is 0 Å². The normalized spacial score (nSPS) is 14.6. The topological polar surface area (TPSA) is 103 Å². The number of methoxy groups -OCH3 is 1. The molecule has 10 heteroatoms. The third kappa shape index (κ3) is 4.92. The van der Waals surface area contributed by atoms with E-state index in [0.717, 1.165) is 22.2 Å². The number of nitrogens with zero attached hydrogens (tertiary/aromatic N) is 3. The molecular weight excluding hydrogens is 468 g/mol. The first kappa shape index (κ1) is 24.1. The van der Waals surface area contributed by atoms with Crippen molar-refractivity contribution in [2.45, 2.75) is 13.3 Å². The molecule has 0 atom stereocenters. The molecule has 2 heterocycles. The SMILES string of the molecule is COc1cccc(/C=C2\SC(=O)N(CCC(=O)Nc3c(C)n(C)n(-c4ccccc4)c3=O)C2=O)c1. The van der Waals surface area contributed by atoms with Gasteiger partial charge in [-0.2, -0.15) is 0 Å². The fourth-order valence-corrected chi connectivity index (χ4v) is 4.57. The Morgan fingerprint density at radius 3 is 2.54 bits per heavy atom. The van der Waals surface area contributed by atoms with Gasteiger partial charge in [0.25, 0.3) is 16.7 Å². The van der Waals surface area contributed by atoms with Gasteiger partial charge in [0, 0.05) is 20.0 Å². The molecule has 0 bridgehead atoms. The number of carbonyl (C=O) groups is 3. The van der Waals surface area contributed by atoms with Crippen LogP contribution < -0.4 is 15.6 Å². The van der Waals surface area contributed by atoms with Gasteiger partial charge in [0.1, 0.15) is 11.4 Å². The summed E-state index contributed by atoms with van der Waals surface area (Å²) in [7, 11) is 3.28. The smallest absolute Gasteiger partial charge is 0.295 e. The second kappa shape index (κ2) is 10.1. The summed E-state index contributed by atoms with van der Waals surface area (Å²) in [6, 6.07) is 16.2. The third-order valence-electron chi connectivity index (χ3n) is 5.65. The standard InChI is InChI=1S/C25H24N4O5S/c1-16-22(24(32)29(27(16)2)18-9-5-4-6-10-18)26-21(30)12-13-28-23(31)20(35-25(28)33)15-17-8-7-11-19(14-17)34-3/h4-11,14-15H,12-13H2,1-3H3,(H,26,30)/b20-15-. The van der Waals surface area contributed by atoms with Gasteiger partial charge in [-0.05, 0) is 54.6 Å². The number of amides is 3. The number of anilines is 1. The lowest BCUT2D eigenvalue weighted by atomic mass is 10.2. The first-order chi connectivity index (χ1) is 16.8. The van der Waals surface area contributed by atoms with Crippen LogP contribution in [0, 0.1) is 6.92 Å². The van der Waals surface area contributed by atoms with Crippen molar-refractivity contribution in [1.82, 2.24) is 14.3 Å². The summed E-state index contributed by atoms with van der Waals surface area (Å²) in [4.78, 5) is 52.1. The summed E-state index contributed by atoms with van der Waals surface area (Å²) in [6.07, 6.45) is 1.48. The summed E-state index contributed by atoms with van der Waals surface area (Å²) >= 11 is 0.823. The number of rotatable bonds is 7. The Balaban J connectivity index is 1.44. The maximum absolute atomic E-state index is 13.0. The van der Waals surface area contributed by atoms with E-state index in [4.69, 9.17) is 4.74 Å². The van der Waals surface area contributed by atoms with Gasteiger partial charge in [0.15, 0.2) is 0 Å². The van der Waals surface area contributed by atoms with Crippen molar-refractivity contribution in [2.75, 3.05) is 19.0 Å². The van der Waals surface area contributed by atoms with Crippen molar-refractivity contribution in [3.8, 4) is 11.4 Å². The van der Waals surface area contributed by atoms with Crippen LogP contribution in [-0.2, 0) is 16.6 Å². The van der Waals surface area contributed by atoms with Gasteiger partial charge < -0.3 is 10.1 Å². The average Bonchev–Trinajstić information content (AvgIpc) is 3.24. The van der Waals surface area contributed by atoms with Crippen LogP contribution in [0.4, 0.5) is 10.5 Å². The van der Waals surface area contributed by atoms with Crippen molar-refractivity contribution >= 4 is 40.6 Å². The quantitative estimate of drug-likeness (QED) is 0.506. The predicted molar refractivity (Wildman–Crippen MR) is 135 cm³/mol. The molecule has 0 saturated carbocycles. The van der Waals surface area contributed by atoms with Gasteiger partial charge in [-0.25, -0.2) is 4.68 Å². The molecule has 180 valence electrons. The zero-order valence-corrected chi connectivity index (χ0v) is 20.3. The Morgan fingerprint density at radius 1 is 1.09 bits per heavy atom. The van der Waals surface area contributed by atoms with Gasteiger partial charge in [0.05, 0.1) is 23.4 Å². The van der Waals surface area contributed by atoms with E-state index in [1.807, 2.05) is 18.2 Å². The number of ether oxygens (including phenoxy) is 1. The minimum Gasteiger partial charge on any atom is -0.497 e. The number of para-hydroxylation sites is 1. The highest BCUT2D eigenvalue weighted by Gasteiger charge is 2.35. The molecule has 3 aromatic rings. The number of nitrogens with one attached hydrogen (secondary N) is 1. The van der Waals surface area contributed by atoms with Crippen LogP contribution in [-0.4, -0.2) is 45.0 Å². The van der Waals surface area contributed by atoms with Crippen LogP contribution in [0.1, 0.15) is 17.7 Å². The molecule has 1 aromatic heterocycles. The van der Waals surface area contributed by atoms with Crippen LogP contribution in [0.5, 0.6) is 5.75 Å². The predicted octanol–water partition coefficient (Wildman–Crippen LogP) is 3.56. The van der Waals surface area contributed by atoms with E-state index >= 15 is 0 Å². The Kier molecular flexibility index (Phi) is 6.92. The summed E-state index contributed by atoms with van der Waals surface area (Å²) in [5, 5.41) is 2.20. The van der Waals surface area contributed by atoms with Crippen LogP contribution in [0.3, 0.4) is 0 Å². The number of hydrogen-bond acceptors (Lipinski definition) is 6. The summed E-state index contributed by atoms with van der Waals surface area (Å²) < 4.78 is 8.31. The van der Waals surface area contributed by atoms with Gasteiger partial charge in [-0.1, -0.05) is 30.3 Å². The Morgan fingerprint density at radius 2 is 1.83 bits per heavy atom. The molecule has 1 fully saturated rings. The van der Waals surface area contributed by atoms with Gasteiger partial charge >= 0.3 is 0 Å². The summed E-state index contributed by atoms with van der Waals surface area (Å²) in [5.74, 6) is -0.290.